The number of aliphatic hydroxyl groups is 3. The van der Waals surface area contributed by atoms with Crippen molar-refractivity contribution >= 4 is 0 Å². The van der Waals surface area contributed by atoms with Crippen molar-refractivity contribution in [3.8, 4) is 0 Å². The molecule has 1 aromatic rings. The SMILES string of the molecule is Cc1cccc([C@@H]2OC[C@@H](O)[C@H](O)[C@H]2O)c1. The molecule has 1 saturated heterocycles. The summed E-state index contributed by atoms with van der Waals surface area (Å²) in [5.41, 5.74) is 1.88. The average molecular weight is 224 g/mol. The summed E-state index contributed by atoms with van der Waals surface area (Å²) < 4.78 is 5.35. The molecule has 4 nitrogen and oxygen atoms in total. The molecule has 0 aromatic heterocycles. The molecule has 0 amide bonds. The van der Waals surface area contributed by atoms with E-state index >= 15 is 0 Å². The van der Waals surface area contributed by atoms with Gasteiger partial charge in [0.1, 0.15) is 24.4 Å². The summed E-state index contributed by atoms with van der Waals surface area (Å²) in [6.45, 7) is 1.99. The highest BCUT2D eigenvalue weighted by molar-refractivity contribution is 5.25. The largest absolute Gasteiger partial charge is 0.388 e. The van der Waals surface area contributed by atoms with E-state index in [0.717, 1.165) is 11.1 Å². The van der Waals surface area contributed by atoms with Crippen LogP contribution < -0.4 is 0 Å². The normalized spacial score (nSPS) is 35.0. The lowest BCUT2D eigenvalue weighted by molar-refractivity contribution is -0.189. The van der Waals surface area contributed by atoms with Crippen LogP contribution in [0.4, 0.5) is 0 Å². The summed E-state index contributed by atoms with van der Waals surface area (Å²) >= 11 is 0. The Hall–Kier alpha value is -0.940. The third kappa shape index (κ3) is 2.10. The van der Waals surface area contributed by atoms with Gasteiger partial charge in [-0.25, -0.2) is 0 Å². The van der Waals surface area contributed by atoms with Gasteiger partial charge in [0.2, 0.25) is 0 Å². The van der Waals surface area contributed by atoms with Crippen LogP contribution in [0, 0.1) is 6.92 Å². The summed E-state index contributed by atoms with van der Waals surface area (Å²) in [5.74, 6) is 0. The van der Waals surface area contributed by atoms with Crippen LogP contribution in [0.25, 0.3) is 0 Å². The van der Waals surface area contributed by atoms with Gasteiger partial charge in [-0.1, -0.05) is 29.8 Å². The summed E-state index contributed by atoms with van der Waals surface area (Å²) in [6, 6.07) is 7.56. The first-order chi connectivity index (χ1) is 7.59. The zero-order valence-corrected chi connectivity index (χ0v) is 9.08. The maximum atomic E-state index is 9.82. The van der Waals surface area contributed by atoms with Crippen LogP contribution in [0.1, 0.15) is 17.2 Å². The van der Waals surface area contributed by atoms with E-state index in [2.05, 4.69) is 0 Å². The Morgan fingerprint density at radius 3 is 2.62 bits per heavy atom. The first-order valence-electron chi connectivity index (χ1n) is 5.32. The molecule has 1 fully saturated rings. The van der Waals surface area contributed by atoms with E-state index in [4.69, 9.17) is 4.74 Å². The Labute approximate surface area is 94.1 Å². The second-order valence-corrected chi connectivity index (χ2v) is 4.22. The molecule has 1 aromatic carbocycles. The predicted molar refractivity (Wildman–Crippen MR) is 57.9 cm³/mol. The fraction of sp³-hybridized carbons (Fsp3) is 0.500. The lowest BCUT2D eigenvalue weighted by atomic mass is 9.94. The smallest absolute Gasteiger partial charge is 0.113 e. The van der Waals surface area contributed by atoms with E-state index in [1.165, 1.54) is 0 Å². The maximum absolute atomic E-state index is 9.82. The molecule has 88 valence electrons. The zero-order chi connectivity index (χ0) is 11.7. The monoisotopic (exact) mass is 224 g/mol. The first kappa shape index (κ1) is 11.5. The van der Waals surface area contributed by atoms with E-state index in [1.807, 2.05) is 31.2 Å². The molecule has 0 spiro atoms. The van der Waals surface area contributed by atoms with Crippen LogP contribution in [0.3, 0.4) is 0 Å². The topological polar surface area (TPSA) is 69.9 Å². The molecular formula is C12H16O4. The number of hydrogen-bond acceptors (Lipinski definition) is 4. The Kier molecular flexibility index (Phi) is 3.25. The van der Waals surface area contributed by atoms with Crippen LogP contribution in [0.5, 0.6) is 0 Å². The van der Waals surface area contributed by atoms with Gasteiger partial charge in [-0.05, 0) is 12.5 Å². The highest BCUT2D eigenvalue weighted by Gasteiger charge is 2.38. The molecule has 0 aliphatic carbocycles. The lowest BCUT2D eigenvalue weighted by Crippen LogP contribution is -2.49. The van der Waals surface area contributed by atoms with Crippen molar-refractivity contribution in [3.05, 3.63) is 35.4 Å². The van der Waals surface area contributed by atoms with Crippen molar-refractivity contribution in [3.63, 3.8) is 0 Å². The summed E-state index contributed by atoms with van der Waals surface area (Å²) in [4.78, 5) is 0. The third-order valence-electron chi connectivity index (χ3n) is 2.87. The van der Waals surface area contributed by atoms with Crippen LogP contribution in [-0.4, -0.2) is 40.2 Å². The van der Waals surface area contributed by atoms with Crippen LogP contribution >= 0.6 is 0 Å². The van der Waals surface area contributed by atoms with E-state index in [1.54, 1.807) is 0 Å². The molecule has 0 radical (unpaired) electrons. The fourth-order valence-corrected chi connectivity index (χ4v) is 1.95. The number of aryl methyl sites for hydroxylation is 1. The van der Waals surface area contributed by atoms with Crippen LogP contribution in [-0.2, 0) is 4.74 Å². The average Bonchev–Trinajstić information content (AvgIpc) is 2.26. The van der Waals surface area contributed by atoms with Gasteiger partial charge in [0.15, 0.2) is 0 Å². The number of ether oxygens (including phenoxy) is 1. The van der Waals surface area contributed by atoms with E-state index in [-0.39, 0.29) is 6.61 Å². The Balaban J connectivity index is 2.21. The van der Waals surface area contributed by atoms with Crippen LogP contribution in [0.2, 0.25) is 0 Å². The molecular weight excluding hydrogens is 208 g/mol. The van der Waals surface area contributed by atoms with Gasteiger partial charge in [-0.15, -0.1) is 0 Å². The molecule has 0 bridgehead atoms. The molecule has 1 heterocycles. The van der Waals surface area contributed by atoms with Gasteiger partial charge in [0, 0.05) is 0 Å². The number of rotatable bonds is 1. The minimum Gasteiger partial charge on any atom is -0.388 e. The molecule has 16 heavy (non-hydrogen) atoms. The fourth-order valence-electron chi connectivity index (χ4n) is 1.95. The number of aliphatic hydroxyl groups excluding tert-OH is 3. The molecule has 1 aliphatic heterocycles. The van der Waals surface area contributed by atoms with Crippen molar-refractivity contribution < 1.29 is 20.1 Å². The molecule has 0 unspecified atom stereocenters. The summed E-state index contributed by atoms with van der Waals surface area (Å²) in [7, 11) is 0. The predicted octanol–water partition coefficient (Wildman–Crippen LogP) is 0.149. The molecule has 3 N–H and O–H groups in total. The Morgan fingerprint density at radius 1 is 1.19 bits per heavy atom. The zero-order valence-electron chi connectivity index (χ0n) is 9.08. The van der Waals surface area contributed by atoms with Crippen molar-refractivity contribution in [1.29, 1.82) is 0 Å². The van der Waals surface area contributed by atoms with Gasteiger partial charge in [0.05, 0.1) is 6.61 Å². The summed E-state index contributed by atoms with van der Waals surface area (Å²) in [5, 5.41) is 28.7. The number of benzene rings is 1. The van der Waals surface area contributed by atoms with Crippen molar-refractivity contribution in [2.75, 3.05) is 6.61 Å². The third-order valence-corrected chi connectivity index (χ3v) is 2.87. The minimum absolute atomic E-state index is 0.0385. The molecule has 4 heteroatoms. The second kappa shape index (κ2) is 4.51. The quantitative estimate of drug-likeness (QED) is 0.635. The van der Waals surface area contributed by atoms with Gasteiger partial charge in [0.25, 0.3) is 0 Å². The Bertz CT molecular complexity index is 366. The van der Waals surface area contributed by atoms with Crippen molar-refractivity contribution in [2.24, 2.45) is 0 Å². The second-order valence-electron chi connectivity index (χ2n) is 4.22. The highest BCUT2D eigenvalue weighted by Crippen LogP contribution is 2.29. The maximum Gasteiger partial charge on any atom is 0.113 e. The summed E-state index contributed by atoms with van der Waals surface area (Å²) in [6.07, 6.45) is -3.83. The number of hydrogen-bond donors (Lipinski definition) is 3. The van der Waals surface area contributed by atoms with Gasteiger partial charge in [-0.3, -0.25) is 0 Å². The van der Waals surface area contributed by atoms with E-state index in [0.29, 0.717) is 0 Å². The van der Waals surface area contributed by atoms with Gasteiger partial charge < -0.3 is 20.1 Å². The van der Waals surface area contributed by atoms with Crippen molar-refractivity contribution in [2.45, 2.75) is 31.3 Å². The first-order valence-corrected chi connectivity index (χ1v) is 5.32. The Morgan fingerprint density at radius 2 is 1.94 bits per heavy atom. The standard InChI is InChI=1S/C12H16O4/c1-7-3-2-4-8(5-7)12-11(15)10(14)9(13)6-16-12/h2-5,9-15H,6H2,1H3/t9-,10+,11-,12+/m1/s1. The van der Waals surface area contributed by atoms with E-state index < -0.39 is 24.4 Å². The molecule has 1 aliphatic rings. The van der Waals surface area contributed by atoms with Crippen LogP contribution in [0.15, 0.2) is 24.3 Å². The lowest BCUT2D eigenvalue weighted by Gasteiger charge is -2.35. The van der Waals surface area contributed by atoms with Crippen molar-refractivity contribution in [1.82, 2.24) is 0 Å². The highest BCUT2D eigenvalue weighted by atomic mass is 16.5. The van der Waals surface area contributed by atoms with E-state index in [9.17, 15) is 15.3 Å². The molecule has 2 rings (SSSR count). The minimum atomic E-state index is -1.15. The van der Waals surface area contributed by atoms with Gasteiger partial charge in [-0.2, -0.15) is 0 Å². The molecule has 4 atom stereocenters. The van der Waals surface area contributed by atoms with Gasteiger partial charge >= 0.3 is 0 Å². The molecule has 0 saturated carbocycles.